The summed E-state index contributed by atoms with van der Waals surface area (Å²) in [5.41, 5.74) is 4.05. The highest BCUT2D eigenvalue weighted by molar-refractivity contribution is 5.92. The summed E-state index contributed by atoms with van der Waals surface area (Å²) in [5.74, 6) is 0.510. The summed E-state index contributed by atoms with van der Waals surface area (Å²) in [6, 6.07) is 16.7. The number of hydrogen-bond donors (Lipinski definition) is 0. The van der Waals surface area contributed by atoms with Crippen molar-refractivity contribution in [1.29, 1.82) is 0 Å². The van der Waals surface area contributed by atoms with E-state index in [0.29, 0.717) is 11.6 Å². The highest BCUT2D eigenvalue weighted by atomic mass is 16.2. The van der Waals surface area contributed by atoms with Crippen molar-refractivity contribution in [3.05, 3.63) is 83.4 Å². The number of carbonyl (C=O) groups is 1. The van der Waals surface area contributed by atoms with E-state index in [0.717, 1.165) is 44.6 Å². The van der Waals surface area contributed by atoms with Crippen LogP contribution >= 0.6 is 0 Å². The standard InChI is InChI=1S/C26H33N5O/c1-20-16-25(30(3)28-20)26(32)29(2)24(17-21-8-5-4-6-9-21)23-11-14-31(15-12-23)19-22-10-7-13-27-18-22/h4-10,13,16,18,23-24H,11-12,14-15,17,19H2,1-3H3. The molecule has 1 aromatic carbocycles. The van der Waals surface area contributed by atoms with Crippen LogP contribution < -0.4 is 0 Å². The van der Waals surface area contributed by atoms with Gasteiger partial charge in [0.05, 0.1) is 5.69 Å². The van der Waals surface area contributed by atoms with Crippen LogP contribution in [0.25, 0.3) is 0 Å². The van der Waals surface area contributed by atoms with Crippen molar-refractivity contribution in [2.45, 2.75) is 38.8 Å². The van der Waals surface area contributed by atoms with E-state index in [2.05, 4.69) is 45.3 Å². The molecule has 0 N–H and O–H groups in total. The number of amides is 1. The van der Waals surface area contributed by atoms with Crippen LogP contribution in [0.2, 0.25) is 0 Å². The topological polar surface area (TPSA) is 54.3 Å². The van der Waals surface area contributed by atoms with Gasteiger partial charge < -0.3 is 4.90 Å². The molecule has 1 atom stereocenters. The first-order valence-corrected chi connectivity index (χ1v) is 11.4. The summed E-state index contributed by atoms with van der Waals surface area (Å²) in [6.07, 6.45) is 6.81. The Labute approximate surface area is 190 Å². The number of benzene rings is 1. The van der Waals surface area contributed by atoms with Gasteiger partial charge in [-0.05, 0) is 68.5 Å². The van der Waals surface area contributed by atoms with Gasteiger partial charge in [0.1, 0.15) is 5.69 Å². The van der Waals surface area contributed by atoms with E-state index in [4.69, 9.17) is 0 Å². The Morgan fingerprint density at radius 3 is 2.47 bits per heavy atom. The molecule has 3 aromatic rings. The first-order chi connectivity index (χ1) is 15.5. The minimum absolute atomic E-state index is 0.0480. The molecule has 2 aromatic heterocycles. The second-order valence-corrected chi connectivity index (χ2v) is 8.94. The SMILES string of the molecule is Cc1cc(C(=O)N(C)C(Cc2ccccc2)C2CCN(Cc3cccnc3)CC2)n(C)n1. The minimum atomic E-state index is 0.0480. The van der Waals surface area contributed by atoms with Crippen LogP contribution in [0.5, 0.6) is 0 Å². The molecule has 0 saturated carbocycles. The summed E-state index contributed by atoms with van der Waals surface area (Å²) >= 11 is 0. The van der Waals surface area contributed by atoms with Crippen molar-refractivity contribution in [3.63, 3.8) is 0 Å². The van der Waals surface area contributed by atoms with Gasteiger partial charge in [0.25, 0.3) is 5.91 Å². The summed E-state index contributed by atoms with van der Waals surface area (Å²) in [5, 5.41) is 4.38. The lowest BCUT2D eigenvalue weighted by Gasteiger charge is -2.40. The molecule has 0 radical (unpaired) electrons. The van der Waals surface area contributed by atoms with Crippen LogP contribution in [-0.4, -0.2) is 56.7 Å². The monoisotopic (exact) mass is 431 g/mol. The van der Waals surface area contributed by atoms with E-state index in [1.807, 2.05) is 56.5 Å². The molecule has 0 spiro atoms. The second-order valence-electron chi connectivity index (χ2n) is 8.94. The molecule has 4 rings (SSSR count). The van der Waals surface area contributed by atoms with Gasteiger partial charge in [0, 0.05) is 39.1 Å². The molecule has 6 heteroatoms. The molecule has 3 heterocycles. The quantitative estimate of drug-likeness (QED) is 0.572. The normalized spacial score (nSPS) is 16.1. The second kappa shape index (κ2) is 10.1. The Morgan fingerprint density at radius 2 is 1.84 bits per heavy atom. The van der Waals surface area contributed by atoms with Crippen molar-refractivity contribution >= 4 is 5.91 Å². The maximum Gasteiger partial charge on any atom is 0.272 e. The number of likely N-dealkylation sites (N-methyl/N-ethyl adjacent to an activating group) is 1. The molecular formula is C26H33N5O. The van der Waals surface area contributed by atoms with Crippen LogP contribution in [-0.2, 0) is 20.0 Å². The number of rotatable bonds is 7. The molecule has 0 bridgehead atoms. The molecule has 0 aliphatic carbocycles. The summed E-state index contributed by atoms with van der Waals surface area (Å²) in [4.78, 5) is 22.1. The third kappa shape index (κ3) is 5.25. The van der Waals surface area contributed by atoms with Crippen LogP contribution in [0.15, 0.2) is 60.9 Å². The molecule has 1 unspecified atom stereocenters. The molecule has 6 nitrogen and oxygen atoms in total. The Morgan fingerprint density at radius 1 is 1.12 bits per heavy atom. The Balaban J connectivity index is 1.48. The van der Waals surface area contributed by atoms with Crippen LogP contribution in [0, 0.1) is 12.8 Å². The molecule has 1 amide bonds. The third-order valence-electron chi connectivity index (χ3n) is 6.63. The maximum atomic E-state index is 13.4. The molecule has 1 aliphatic rings. The van der Waals surface area contributed by atoms with E-state index in [1.54, 1.807) is 4.68 Å². The van der Waals surface area contributed by atoms with Crippen molar-refractivity contribution in [3.8, 4) is 0 Å². The van der Waals surface area contributed by atoms with Gasteiger partial charge >= 0.3 is 0 Å². The van der Waals surface area contributed by atoms with Gasteiger partial charge in [-0.2, -0.15) is 5.10 Å². The van der Waals surface area contributed by atoms with Crippen molar-refractivity contribution < 1.29 is 4.79 Å². The van der Waals surface area contributed by atoms with Crippen LogP contribution in [0.1, 0.15) is 40.2 Å². The predicted octanol–water partition coefficient (Wildman–Crippen LogP) is 3.72. The average molecular weight is 432 g/mol. The van der Waals surface area contributed by atoms with Crippen molar-refractivity contribution in [2.24, 2.45) is 13.0 Å². The summed E-state index contributed by atoms with van der Waals surface area (Å²) in [6.45, 7) is 4.94. The smallest absolute Gasteiger partial charge is 0.272 e. The molecule has 1 saturated heterocycles. The summed E-state index contributed by atoms with van der Waals surface area (Å²) in [7, 11) is 3.80. The average Bonchev–Trinajstić information content (AvgIpc) is 3.16. The van der Waals surface area contributed by atoms with E-state index < -0.39 is 0 Å². The van der Waals surface area contributed by atoms with Gasteiger partial charge in [-0.3, -0.25) is 19.4 Å². The van der Waals surface area contributed by atoms with Gasteiger partial charge in [0.2, 0.25) is 0 Å². The zero-order valence-corrected chi connectivity index (χ0v) is 19.3. The minimum Gasteiger partial charge on any atom is -0.337 e. The Bertz CT molecular complexity index is 1010. The van der Waals surface area contributed by atoms with Gasteiger partial charge in [-0.1, -0.05) is 36.4 Å². The summed E-state index contributed by atoms with van der Waals surface area (Å²) < 4.78 is 1.70. The number of pyridine rings is 1. The van der Waals surface area contributed by atoms with E-state index >= 15 is 0 Å². The molecule has 1 fully saturated rings. The Hall–Kier alpha value is -2.99. The van der Waals surface area contributed by atoms with Gasteiger partial charge in [-0.25, -0.2) is 0 Å². The van der Waals surface area contributed by atoms with E-state index in [-0.39, 0.29) is 11.9 Å². The van der Waals surface area contributed by atoms with Gasteiger partial charge in [0.15, 0.2) is 0 Å². The number of aryl methyl sites for hydroxylation is 2. The number of hydrogen-bond acceptors (Lipinski definition) is 4. The van der Waals surface area contributed by atoms with Gasteiger partial charge in [-0.15, -0.1) is 0 Å². The van der Waals surface area contributed by atoms with E-state index in [9.17, 15) is 4.79 Å². The lowest BCUT2D eigenvalue weighted by Crippen LogP contribution is -2.47. The number of aromatic nitrogens is 3. The third-order valence-corrected chi connectivity index (χ3v) is 6.63. The fraction of sp³-hybridized carbons (Fsp3) is 0.423. The van der Waals surface area contributed by atoms with Crippen LogP contribution in [0.4, 0.5) is 0 Å². The lowest BCUT2D eigenvalue weighted by molar-refractivity contribution is 0.0575. The first kappa shape index (κ1) is 22.2. The number of piperidine rings is 1. The molecule has 168 valence electrons. The highest BCUT2D eigenvalue weighted by Crippen LogP contribution is 2.28. The molecule has 1 aliphatic heterocycles. The highest BCUT2D eigenvalue weighted by Gasteiger charge is 2.32. The largest absolute Gasteiger partial charge is 0.337 e. The zero-order valence-electron chi connectivity index (χ0n) is 19.3. The molecular weight excluding hydrogens is 398 g/mol. The zero-order chi connectivity index (χ0) is 22.5. The molecule has 32 heavy (non-hydrogen) atoms. The van der Waals surface area contributed by atoms with Crippen LogP contribution in [0.3, 0.4) is 0 Å². The van der Waals surface area contributed by atoms with E-state index in [1.165, 1.54) is 11.1 Å². The fourth-order valence-electron chi connectivity index (χ4n) is 4.86. The number of nitrogens with zero attached hydrogens (tertiary/aromatic N) is 5. The first-order valence-electron chi connectivity index (χ1n) is 11.4. The lowest BCUT2D eigenvalue weighted by atomic mass is 9.84. The maximum absolute atomic E-state index is 13.4. The number of likely N-dealkylation sites (tertiary alicyclic amines) is 1. The fourth-order valence-corrected chi connectivity index (χ4v) is 4.86. The Kier molecular flexibility index (Phi) is 7.00. The van der Waals surface area contributed by atoms with Crippen molar-refractivity contribution in [2.75, 3.05) is 20.1 Å². The van der Waals surface area contributed by atoms with Crippen molar-refractivity contribution in [1.82, 2.24) is 24.6 Å². The predicted molar refractivity (Wildman–Crippen MR) is 126 cm³/mol. The number of carbonyl (C=O) groups excluding carboxylic acids is 1.